The van der Waals surface area contributed by atoms with E-state index >= 15 is 0 Å². The first-order valence-corrected chi connectivity index (χ1v) is 11.1. The quantitative estimate of drug-likeness (QED) is 0.768. The number of nitrogens with zero attached hydrogens (tertiary/aromatic N) is 1. The number of carbonyl (C=O) groups excluding carboxylic acids is 1. The normalized spacial score (nSPS) is 25.3. The third-order valence-corrected chi connectivity index (χ3v) is 6.91. The van der Waals surface area contributed by atoms with Crippen molar-refractivity contribution in [1.29, 1.82) is 0 Å². The molecular formula is C24H35N2O+. The summed E-state index contributed by atoms with van der Waals surface area (Å²) in [5, 5.41) is 0. The van der Waals surface area contributed by atoms with Gasteiger partial charge in [-0.2, -0.15) is 0 Å². The van der Waals surface area contributed by atoms with Gasteiger partial charge in [-0.05, 0) is 55.6 Å². The van der Waals surface area contributed by atoms with Crippen molar-refractivity contribution in [2.45, 2.75) is 51.4 Å². The lowest BCUT2D eigenvalue weighted by atomic mass is 9.83. The molecule has 4 rings (SSSR count). The number of nitrogens with one attached hydrogen (secondary N) is 1. The molecule has 0 bridgehead atoms. The number of carbonyl (C=O) groups is 1. The minimum absolute atomic E-state index is 0.188. The molecule has 1 aromatic carbocycles. The summed E-state index contributed by atoms with van der Waals surface area (Å²) in [6.45, 7) is 5.65. The monoisotopic (exact) mass is 367 g/mol. The zero-order valence-electron chi connectivity index (χ0n) is 16.7. The minimum Gasteiger partial charge on any atom is -0.337 e. The Balaban J connectivity index is 1.41. The number of benzene rings is 1. The number of likely N-dealkylation sites (tertiary alicyclic amines) is 1. The molecule has 1 amide bonds. The molecule has 3 heteroatoms. The number of fused-ring (bicyclic) bond motifs is 1. The number of hydrogen-bond acceptors (Lipinski definition) is 1. The Morgan fingerprint density at radius 1 is 1.07 bits per heavy atom. The fourth-order valence-corrected chi connectivity index (χ4v) is 5.21. The summed E-state index contributed by atoms with van der Waals surface area (Å²) in [5.74, 6) is 1.27. The van der Waals surface area contributed by atoms with Gasteiger partial charge in [-0.3, -0.25) is 4.79 Å². The zero-order valence-corrected chi connectivity index (χ0v) is 16.7. The van der Waals surface area contributed by atoms with Crippen molar-refractivity contribution in [3.63, 3.8) is 0 Å². The van der Waals surface area contributed by atoms with Crippen LogP contribution < -0.4 is 4.90 Å². The smallest absolute Gasteiger partial charge is 0.226 e. The summed E-state index contributed by atoms with van der Waals surface area (Å²) < 4.78 is 0. The van der Waals surface area contributed by atoms with Gasteiger partial charge >= 0.3 is 0 Å². The van der Waals surface area contributed by atoms with Crippen molar-refractivity contribution in [3.8, 4) is 0 Å². The molecule has 0 saturated carbocycles. The predicted molar refractivity (Wildman–Crippen MR) is 110 cm³/mol. The molecule has 2 aliphatic carbocycles. The summed E-state index contributed by atoms with van der Waals surface area (Å²) in [6, 6.07) is 8.70. The minimum atomic E-state index is 0.188. The topological polar surface area (TPSA) is 24.8 Å². The molecule has 0 spiro atoms. The average Bonchev–Trinajstić information content (AvgIpc) is 3.24. The fourth-order valence-electron chi connectivity index (χ4n) is 5.21. The summed E-state index contributed by atoms with van der Waals surface area (Å²) in [4.78, 5) is 17.4. The van der Waals surface area contributed by atoms with E-state index in [9.17, 15) is 4.79 Å². The van der Waals surface area contributed by atoms with Crippen LogP contribution in [-0.4, -0.2) is 43.5 Å². The van der Waals surface area contributed by atoms with E-state index in [1.807, 2.05) is 0 Å². The average molecular weight is 368 g/mol. The summed E-state index contributed by atoms with van der Waals surface area (Å²) in [5.41, 5.74) is 2.85. The fraction of sp³-hybridized carbons (Fsp3) is 0.625. The molecule has 1 fully saturated rings. The van der Waals surface area contributed by atoms with Crippen LogP contribution in [0, 0.1) is 11.8 Å². The van der Waals surface area contributed by atoms with Gasteiger partial charge in [0, 0.05) is 25.3 Å². The van der Waals surface area contributed by atoms with Crippen LogP contribution in [0.2, 0.25) is 0 Å². The Morgan fingerprint density at radius 2 is 1.89 bits per heavy atom. The molecule has 3 nitrogen and oxygen atoms in total. The van der Waals surface area contributed by atoms with Gasteiger partial charge in [-0.15, -0.1) is 0 Å². The van der Waals surface area contributed by atoms with E-state index < -0.39 is 0 Å². The molecule has 1 saturated heterocycles. The van der Waals surface area contributed by atoms with E-state index in [1.54, 1.807) is 4.90 Å². The Bertz CT molecular complexity index is 662. The van der Waals surface area contributed by atoms with Crippen LogP contribution in [0.3, 0.4) is 0 Å². The highest BCUT2D eigenvalue weighted by molar-refractivity contribution is 5.79. The second-order valence-corrected chi connectivity index (χ2v) is 8.85. The second-order valence-electron chi connectivity index (χ2n) is 8.85. The highest BCUT2D eigenvalue weighted by Gasteiger charge is 2.30. The molecular weight excluding hydrogens is 332 g/mol. The van der Waals surface area contributed by atoms with Crippen molar-refractivity contribution in [3.05, 3.63) is 47.5 Å². The van der Waals surface area contributed by atoms with Gasteiger partial charge in [-0.1, -0.05) is 36.4 Å². The molecule has 1 heterocycles. The molecule has 27 heavy (non-hydrogen) atoms. The first kappa shape index (κ1) is 18.7. The largest absolute Gasteiger partial charge is 0.337 e. The Morgan fingerprint density at radius 3 is 2.67 bits per heavy atom. The van der Waals surface area contributed by atoms with E-state index in [2.05, 4.69) is 41.3 Å². The van der Waals surface area contributed by atoms with Gasteiger partial charge in [0.1, 0.15) is 0 Å². The molecule has 2 atom stereocenters. The summed E-state index contributed by atoms with van der Waals surface area (Å²) in [6.07, 6.45) is 13.9. The van der Waals surface area contributed by atoms with Crippen molar-refractivity contribution in [1.82, 2.24) is 4.90 Å². The first-order chi connectivity index (χ1) is 13.3. The summed E-state index contributed by atoms with van der Waals surface area (Å²) >= 11 is 0. The SMILES string of the molecule is O=C([C@H]1CCc2ccccc2C1)N(CC[NH+]1CCCC1)C[C@H]1CC=CCC1. The molecule has 1 aromatic rings. The van der Waals surface area contributed by atoms with Gasteiger partial charge < -0.3 is 9.80 Å². The van der Waals surface area contributed by atoms with Crippen molar-refractivity contribution < 1.29 is 9.69 Å². The zero-order chi connectivity index (χ0) is 18.5. The van der Waals surface area contributed by atoms with Crippen molar-refractivity contribution in [2.24, 2.45) is 11.8 Å². The maximum absolute atomic E-state index is 13.5. The predicted octanol–water partition coefficient (Wildman–Crippen LogP) is 2.66. The Hall–Kier alpha value is -1.61. The van der Waals surface area contributed by atoms with Crippen LogP contribution in [0.4, 0.5) is 0 Å². The second kappa shape index (κ2) is 9.05. The number of quaternary nitrogens is 1. The van der Waals surface area contributed by atoms with Crippen molar-refractivity contribution >= 4 is 5.91 Å². The van der Waals surface area contributed by atoms with Gasteiger partial charge in [0.2, 0.25) is 5.91 Å². The maximum Gasteiger partial charge on any atom is 0.226 e. The molecule has 0 unspecified atom stereocenters. The number of aryl methyl sites for hydroxylation is 1. The lowest BCUT2D eigenvalue weighted by Crippen LogP contribution is -3.10. The number of allylic oxidation sites excluding steroid dienone is 2. The van der Waals surface area contributed by atoms with Crippen molar-refractivity contribution in [2.75, 3.05) is 32.7 Å². The van der Waals surface area contributed by atoms with E-state index in [-0.39, 0.29) is 5.92 Å². The highest BCUT2D eigenvalue weighted by Crippen LogP contribution is 2.28. The number of hydrogen-bond donors (Lipinski definition) is 1. The number of amides is 1. The van der Waals surface area contributed by atoms with E-state index in [4.69, 9.17) is 0 Å². The third-order valence-electron chi connectivity index (χ3n) is 6.91. The number of rotatable bonds is 6. The molecule has 1 N–H and O–H groups in total. The van der Waals surface area contributed by atoms with Gasteiger partial charge in [0.15, 0.2) is 0 Å². The Kier molecular flexibility index (Phi) is 6.28. The highest BCUT2D eigenvalue weighted by atomic mass is 16.2. The first-order valence-electron chi connectivity index (χ1n) is 11.1. The maximum atomic E-state index is 13.5. The van der Waals surface area contributed by atoms with Crippen LogP contribution in [0.5, 0.6) is 0 Å². The van der Waals surface area contributed by atoms with Crippen LogP contribution in [-0.2, 0) is 17.6 Å². The van der Waals surface area contributed by atoms with Gasteiger partial charge in [0.25, 0.3) is 0 Å². The van der Waals surface area contributed by atoms with Crippen LogP contribution in [0.25, 0.3) is 0 Å². The van der Waals surface area contributed by atoms with E-state index in [0.717, 1.165) is 45.3 Å². The van der Waals surface area contributed by atoms with Gasteiger partial charge in [-0.25, -0.2) is 0 Å². The lowest BCUT2D eigenvalue weighted by Gasteiger charge is -2.33. The molecule has 0 aromatic heterocycles. The third kappa shape index (κ3) is 4.82. The summed E-state index contributed by atoms with van der Waals surface area (Å²) in [7, 11) is 0. The molecule has 1 aliphatic heterocycles. The Labute approximate surface area is 164 Å². The van der Waals surface area contributed by atoms with Crippen LogP contribution >= 0.6 is 0 Å². The van der Waals surface area contributed by atoms with E-state index in [1.165, 1.54) is 49.9 Å². The van der Waals surface area contributed by atoms with E-state index in [0.29, 0.717) is 11.8 Å². The molecule has 3 aliphatic rings. The lowest BCUT2D eigenvalue weighted by molar-refractivity contribution is -0.886. The van der Waals surface area contributed by atoms with Gasteiger partial charge in [0.05, 0.1) is 26.2 Å². The molecule has 0 radical (unpaired) electrons. The standard InChI is InChI=1S/C24H34N2O/c27-24(23-13-12-21-10-4-5-11-22(21)18-23)26(17-16-25-14-6-7-15-25)19-20-8-2-1-3-9-20/h1-2,4-5,10-11,20,23H,3,6-9,12-19H2/p+1/t20-,23-/m0/s1. The molecule has 146 valence electrons. The van der Waals surface area contributed by atoms with Crippen LogP contribution in [0.15, 0.2) is 36.4 Å². The van der Waals surface area contributed by atoms with Crippen LogP contribution in [0.1, 0.15) is 49.7 Å².